The lowest BCUT2D eigenvalue weighted by Crippen LogP contribution is -2.34. The van der Waals surface area contributed by atoms with Crippen LogP contribution in [0.25, 0.3) is 0 Å². The number of nitrogens with zero attached hydrogens (tertiary/aromatic N) is 2. The van der Waals surface area contributed by atoms with Gasteiger partial charge in [0.25, 0.3) is 5.56 Å². The van der Waals surface area contributed by atoms with E-state index in [9.17, 15) is 9.59 Å². The van der Waals surface area contributed by atoms with Gasteiger partial charge in [0.15, 0.2) is 0 Å². The minimum atomic E-state index is -0.409. The Labute approximate surface area is 143 Å². The Kier molecular flexibility index (Phi) is 5.63. The summed E-state index contributed by atoms with van der Waals surface area (Å²) in [5, 5.41) is 6.14. The maximum absolute atomic E-state index is 12.0. The second-order valence-electron chi connectivity index (χ2n) is 4.99. The highest BCUT2D eigenvalue weighted by Crippen LogP contribution is 2.22. The Bertz CT molecular complexity index is 769. The molecule has 0 aliphatic rings. The largest absolute Gasteiger partial charge is 0.336 e. The predicted molar refractivity (Wildman–Crippen MR) is 91.5 cm³/mol. The molecule has 0 atom stereocenters. The summed E-state index contributed by atoms with van der Waals surface area (Å²) in [5.74, 6) is 0. The molecular weight excluding hydrogens is 339 g/mol. The Morgan fingerprint density at radius 2 is 1.87 bits per heavy atom. The van der Waals surface area contributed by atoms with Crippen LogP contribution < -0.4 is 16.2 Å². The molecule has 2 aromatic rings. The molecule has 2 amide bonds. The molecule has 0 spiro atoms. The van der Waals surface area contributed by atoms with E-state index in [0.717, 1.165) is 0 Å². The normalized spacial score (nSPS) is 10.4. The van der Waals surface area contributed by atoms with Gasteiger partial charge in [-0.15, -0.1) is 0 Å². The molecule has 23 heavy (non-hydrogen) atoms. The van der Waals surface area contributed by atoms with E-state index in [0.29, 0.717) is 33.5 Å². The number of nitrogens with one attached hydrogen (secondary N) is 2. The zero-order chi connectivity index (χ0) is 17.0. The van der Waals surface area contributed by atoms with Gasteiger partial charge < -0.3 is 10.6 Å². The van der Waals surface area contributed by atoms with Gasteiger partial charge in [0.2, 0.25) is 0 Å². The third-order valence-corrected chi connectivity index (χ3v) is 3.71. The minimum Gasteiger partial charge on any atom is -0.336 e. The molecule has 0 radical (unpaired) electrons. The Balaban J connectivity index is 1.90. The first-order valence-electron chi connectivity index (χ1n) is 6.90. The first-order chi connectivity index (χ1) is 10.9. The van der Waals surface area contributed by atoms with Crippen molar-refractivity contribution < 1.29 is 4.79 Å². The fraction of sp³-hybridized carbons (Fsp3) is 0.267. The van der Waals surface area contributed by atoms with Gasteiger partial charge in [-0.3, -0.25) is 9.36 Å². The fourth-order valence-corrected chi connectivity index (χ4v) is 2.45. The fourth-order valence-electron chi connectivity index (χ4n) is 1.93. The number of aromatic nitrogens is 2. The molecule has 0 aliphatic heterocycles. The lowest BCUT2D eigenvalue weighted by Gasteiger charge is -2.10. The summed E-state index contributed by atoms with van der Waals surface area (Å²) < 4.78 is 1.46. The predicted octanol–water partition coefficient (Wildman–Crippen LogP) is 2.99. The summed E-state index contributed by atoms with van der Waals surface area (Å²) in [6, 6.07) is 4.34. The number of hydrogen-bond donors (Lipinski definition) is 2. The highest BCUT2D eigenvalue weighted by atomic mass is 35.5. The van der Waals surface area contributed by atoms with Crippen LogP contribution in [0.5, 0.6) is 0 Å². The van der Waals surface area contributed by atoms with Gasteiger partial charge in [-0.2, -0.15) is 0 Å². The Hall–Kier alpha value is -2.05. The first kappa shape index (κ1) is 17.3. The Morgan fingerprint density at radius 3 is 2.52 bits per heavy atom. The van der Waals surface area contributed by atoms with Crippen molar-refractivity contribution in [2.45, 2.75) is 20.4 Å². The maximum Gasteiger partial charge on any atom is 0.319 e. The number of anilines is 1. The number of hydrogen-bond acceptors (Lipinski definition) is 3. The molecule has 0 unspecified atom stereocenters. The molecule has 0 saturated heterocycles. The average Bonchev–Trinajstić information content (AvgIpc) is 2.46. The van der Waals surface area contributed by atoms with E-state index in [1.807, 2.05) is 0 Å². The molecule has 1 heterocycles. The highest BCUT2D eigenvalue weighted by Gasteiger charge is 2.06. The number of urea groups is 1. The third kappa shape index (κ3) is 4.71. The summed E-state index contributed by atoms with van der Waals surface area (Å²) in [7, 11) is 0. The molecule has 0 aliphatic carbocycles. The number of halogens is 2. The number of carbonyl (C=O) groups excluding carboxylic acids is 1. The van der Waals surface area contributed by atoms with E-state index in [1.54, 1.807) is 32.0 Å². The molecule has 8 heteroatoms. The van der Waals surface area contributed by atoms with E-state index in [-0.39, 0.29) is 12.1 Å². The summed E-state index contributed by atoms with van der Waals surface area (Å²) in [6.07, 6.45) is 1.47. The van der Waals surface area contributed by atoms with Crippen LogP contribution in [0, 0.1) is 13.8 Å². The topological polar surface area (TPSA) is 76.0 Å². The molecule has 0 fully saturated rings. The summed E-state index contributed by atoms with van der Waals surface area (Å²) in [6.45, 7) is 4.12. The summed E-state index contributed by atoms with van der Waals surface area (Å²) in [4.78, 5) is 27.9. The van der Waals surface area contributed by atoms with E-state index in [1.165, 1.54) is 10.9 Å². The van der Waals surface area contributed by atoms with Crippen molar-refractivity contribution in [3.8, 4) is 0 Å². The zero-order valence-corrected chi connectivity index (χ0v) is 14.2. The molecule has 1 aromatic heterocycles. The van der Waals surface area contributed by atoms with Crippen LogP contribution >= 0.6 is 23.2 Å². The van der Waals surface area contributed by atoms with Crippen molar-refractivity contribution in [3.05, 3.63) is 56.2 Å². The van der Waals surface area contributed by atoms with Crippen molar-refractivity contribution in [2.24, 2.45) is 0 Å². The summed E-state index contributed by atoms with van der Waals surface area (Å²) >= 11 is 11.7. The highest BCUT2D eigenvalue weighted by molar-refractivity contribution is 6.35. The third-order valence-electron chi connectivity index (χ3n) is 3.27. The van der Waals surface area contributed by atoms with Gasteiger partial charge in [-0.1, -0.05) is 23.2 Å². The average molecular weight is 355 g/mol. The number of carbonyl (C=O) groups is 1. The van der Waals surface area contributed by atoms with Crippen LogP contribution in [0.3, 0.4) is 0 Å². The van der Waals surface area contributed by atoms with Crippen LogP contribution in [-0.4, -0.2) is 22.1 Å². The SMILES string of the molecule is Cc1ncn(CCNC(=O)Nc2cc(Cl)cc(Cl)c2)c(=O)c1C. The van der Waals surface area contributed by atoms with Crippen LogP contribution in [0.15, 0.2) is 29.3 Å². The first-order valence-corrected chi connectivity index (χ1v) is 7.66. The molecule has 1 aromatic carbocycles. The number of benzene rings is 1. The van der Waals surface area contributed by atoms with Gasteiger partial charge >= 0.3 is 6.03 Å². The van der Waals surface area contributed by atoms with Crippen molar-refractivity contribution in [1.82, 2.24) is 14.9 Å². The van der Waals surface area contributed by atoms with Crippen molar-refractivity contribution in [2.75, 3.05) is 11.9 Å². The van der Waals surface area contributed by atoms with Gasteiger partial charge in [0.05, 0.1) is 6.33 Å². The van der Waals surface area contributed by atoms with Crippen LogP contribution in [0.1, 0.15) is 11.3 Å². The van der Waals surface area contributed by atoms with E-state index >= 15 is 0 Å². The number of rotatable bonds is 4. The van der Waals surface area contributed by atoms with Gasteiger partial charge in [-0.05, 0) is 32.0 Å². The Morgan fingerprint density at radius 1 is 1.22 bits per heavy atom. The lowest BCUT2D eigenvalue weighted by atomic mass is 10.3. The van der Waals surface area contributed by atoms with Gasteiger partial charge in [-0.25, -0.2) is 9.78 Å². The van der Waals surface area contributed by atoms with Gasteiger partial charge in [0, 0.05) is 40.1 Å². The summed E-state index contributed by atoms with van der Waals surface area (Å²) in [5.41, 5.74) is 1.69. The zero-order valence-electron chi connectivity index (χ0n) is 12.7. The van der Waals surface area contributed by atoms with Gasteiger partial charge in [0.1, 0.15) is 0 Å². The monoisotopic (exact) mass is 354 g/mol. The molecule has 0 bridgehead atoms. The maximum atomic E-state index is 12.0. The second kappa shape index (κ2) is 7.48. The molecule has 6 nitrogen and oxygen atoms in total. The quantitative estimate of drug-likeness (QED) is 0.885. The second-order valence-corrected chi connectivity index (χ2v) is 5.87. The van der Waals surface area contributed by atoms with E-state index < -0.39 is 6.03 Å². The lowest BCUT2D eigenvalue weighted by molar-refractivity contribution is 0.251. The van der Waals surface area contributed by atoms with Crippen molar-refractivity contribution in [3.63, 3.8) is 0 Å². The smallest absolute Gasteiger partial charge is 0.319 e. The molecular formula is C15H16Cl2N4O2. The van der Waals surface area contributed by atoms with Crippen molar-refractivity contribution in [1.29, 1.82) is 0 Å². The molecule has 122 valence electrons. The van der Waals surface area contributed by atoms with Crippen molar-refractivity contribution >= 4 is 34.9 Å². The molecule has 2 N–H and O–H groups in total. The van der Waals surface area contributed by atoms with Crippen LogP contribution in [0.2, 0.25) is 10.0 Å². The van der Waals surface area contributed by atoms with E-state index in [2.05, 4.69) is 15.6 Å². The van der Waals surface area contributed by atoms with Crippen LogP contribution in [0.4, 0.5) is 10.5 Å². The number of aryl methyl sites for hydroxylation is 1. The van der Waals surface area contributed by atoms with E-state index in [4.69, 9.17) is 23.2 Å². The molecule has 2 rings (SSSR count). The molecule has 0 saturated carbocycles. The van der Waals surface area contributed by atoms with Crippen LogP contribution in [-0.2, 0) is 6.54 Å². The standard InChI is InChI=1S/C15H16Cl2N4O2/c1-9-10(2)19-8-21(14(9)22)4-3-18-15(23)20-13-6-11(16)5-12(17)7-13/h5-8H,3-4H2,1-2H3,(H2,18,20,23). The minimum absolute atomic E-state index is 0.110. The number of amides is 2.